The molecule has 0 unspecified atom stereocenters. The van der Waals surface area contributed by atoms with Crippen molar-refractivity contribution in [2.45, 2.75) is 76.0 Å². The minimum absolute atomic E-state index is 0.131. The number of nitrogens with zero attached hydrogens (tertiary/aromatic N) is 1. The van der Waals surface area contributed by atoms with Crippen molar-refractivity contribution in [3.05, 3.63) is 12.2 Å². The highest BCUT2D eigenvalue weighted by Gasteiger charge is 2.67. The highest BCUT2D eigenvalue weighted by atomic mass is 16.6. The smallest absolute Gasteiger partial charge is 0.144 e. The van der Waals surface area contributed by atoms with Gasteiger partial charge in [-0.1, -0.05) is 19.4 Å². The van der Waals surface area contributed by atoms with Gasteiger partial charge in [0.2, 0.25) is 0 Å². The van der Waals surface area contributed by atoms with Gasteiger partial charge in [0.15, 0.2) is 0 Å². The molecule has 0 radical (unpaired) electrons. The fourth-order valence-electron chi connectivity index (χ4n) is 5.94. The van der Waals surface area contributed by atoms with Gasteiger partial charge >= 0.3 is 0 Å². The van der Waals surface area contributed by atoms with Crippen molar-refractivity contribution in [3.8, 4) is 0 Å². The second-order valence-corrected chi connectivity index (χ2v) is 8.66. The van der Waals surface area contributed by atoms with Gasteiger partial charge in [0.1, 0.15) is 11.8 Å². The number of hydrogen-bond acceptors (Lipinski definition) is 3. The lowest BCUT2D eigenvalue weighted by atomic mass is 9.70. The molecule has 5 aliphatic rings. The lowest BCUT2D eigenvalue weighted by molar-refractivity contribution is -0.254. The van der Waals surface area contributed by atoms with Crippen LogP contribution < -0.4 is 0 Å². The molecule has 5 rings (SSSR count). The summed E-state index contributed by atoms with van der Waals surface area (Å²) in [5.74, 6) is 2.12. The Balaban J connectivity index is 1.54. The van der Waals surface area contributed by atoms with E-state index in [4.69, 9.17) is 9.47 Å². The number of ether oxygens (including phenoxy) is 2. The van der Waals surface area contributed by atoms with Crippen molar-refractivity contribution in [1.82, 2.24) is 4.90 Å². The maximum Gasteiger partial charge on any atom is 0.144 e. The van der Waals surface area contributed by atoms with E-state index < -0.39 is 0 Å². The van der Waals surface area contributed by atoms with Crippen LogP contribution in [0.1, 0.15) is 46.5 Å². The molecule has 4 heterocycles. The van der Waals surface area contributed by atoms with Gasteiger partial charge in [0.25, 0.3) is 0 Å². The van der Waals surface area contributed by atoms with Gasteiger partial charge in [-0.25, -0.2) is 0 Å². The fraction of sp³-hybridized carbons (Fsp3) is 0.889. The fourth-order valence-corrected chi connectivity index (χ4v) is 5.94. The molecule has 3 saturated heterocycles. The zero-order chi connectivity index (χ0) is 14.4. The molecule has 21 heavy (non-hydrogen) atoms. The van der Waals surface area contributed by atoms with Crippen molar-refractivity contribution in [3.63, 3.8) is 0 Å². The average Bonchev–Trinajstić information content (AvgIpc) is 3.07. The molecule has 1 saturated carbocycles. The first-order valence-corrected chi connectivity index (χ1v) is 8.80. The molecule has 1 spiro atoms. The molecule has 2 bridgehead atoms. The largest absolute Gasteiger partial charge is 0.359 e. The van der Waals surface area contributed by atoms with Crippen LogP contribution in [0, 0.1) is 17.8 Å². The number of rotatable bonds is 0. The molecule has 4 fully saturated rings. The molecular formula is C18H27NO2. The Hall–Kier alpha value is -0.380. The van der Waals surface area contributed by atoms with E-state index in [1.165, 1.54) is 25.7 Å². The van der Waals surface area contributed by atoms with E-state index in [0.29, 0.717) is 24.0 Å². The maximum atomic E-state index is 6.70. The molecule has 0 N–H and O–H groups in total. The molecule has 0 aromatic heterocycles. The lowest BCUT2D eigenvalue weighted by Gasteiger charge is -2.56. The van der Waals surface area contributed by atoms with Crippen LogP contribution in [0.25, 0.3) is 0 Å². The zero-order valence-corrected chi connectivity index (χ0v) is 13.4. The Morgan fingerprint density at radius 3 is 2.86 bits per heavy atom. The van der Waals surface area contributed by atoms with Crippen molar-refractivity contribution in [2.75, 3.05) is 6.54 Å². The topological polar surface area (TPSA) is 21.7 Å². The van der Waals surface area contributed by atoms with Crippen LogP contribution in [0.15, 0.2) is 12.2 Å². The minimum atomic E-state index is -0.131. The van der Waals surface area contributed by atoms with Gasteiger partial charge in [-0.15, -0.1) is 0 Å². The van der Waals surface area contributed by atoms with Gasteiger partial charge in [-0.05, 0) is 45.1 Å². The summed E-state index contributed by atoms with van der Waals surface area (Å²) in [4.78, 5) is 2.64. The van der Waals surface area contributed by atoms with E-state index in [2.05, 4.69) is 37.8 Å². The van der Waals surface area contributed by atoms with Crippen LogP contribution in [-0.4, -0.2) is 41.0 Å². The molecule has 116 valence electrons. The average molecular weight is 289 g/mol. The Bertz CT molecular complexity index is 501. The second-order valence-electron chi connectivity index (χ2n) is 8.66. The summed E-state index contributed by atoms with van der Waals surface area (Å²) < 4.78 is 13.1. The van der Waals surface area contributed by atoms with Crippen LogP contribution in [0.2, 0.25) is 0 Å². The summed E-state index contributed by atoms with van der Waals surface area (Å²) in [6, 6.07) is 0. The standard InChI is InChI=1S/C18H27NO2/c1-11-4-5-14-15(8-11)20-16-18-7-6-13(21-18)9-12(18)10-19(16)17(14,2)3/h6-7,11-16H,4-5,8-10H2,1-3H3/t11-,12-,13+,14-,15-,16+,18-/m1/s1. The molecule has 1 aliphatic carbocycles. The van der Waals surface area contributed by atoms with Crippen LogP contribution in [-0.2, 0) is 9.47 Å². The van der Waals surface area contributed by atoms with Crippen LogP contribution >= 0.6 is 0 Å². The van der Waals surface area contributed by atoms with E-state index in [9.17, 15) is 0 Å². The van der Waals surface area contributed by atoms with Crippen LogP contribution in [0.5, 0.6) is 0 Å². The molecule has 4 aliphatic heterocycles. The van der Waals surface area contributed by atoms with E-state index in [0.717, 1.165) is 12.5 Å². The first kappa shape index (κ1) is 13.1. The van der Waals surface area contributed by atoms with E-state index in [1.54, 1.807) is 0 Å². The summed E-state index contributed by atoms with van der Waals surface area (Å²) in [5.41, 5.74) is 0.107. The third-order valence-corrected chi connectivity index (χ3v) is 7.17. The predicted octanol–water partition coefficient (Wildman–Crippen LogP) is 2.96. The summed E-state index contributed by atoms with van der Waals surface area (Å²) in [6.07, 6.45) is 10.6. The van der Waals surface area contributed by atoms with Crippen molar-refractivity contribution < 1.29 is 9.47 Å². The second kappa shape index (κ2) is 3.93. The molecule has 0 amide bonds. The summed E-state index contributed by atoms with van der Waals surface area (Å²) in [7, 11) is 0. The third-order valence-electron chi connectivity index (χ3n) is 7.17. The quantitative estimate of drug-likeness (QED) is 0.640. The molecule has 3 heteroatoms. The first-order valence-electron chi connectivity index (χ1n) is 8.80. The van der Waals surface area contributed by atoms with Crippen molar-refractivity contribution >= 4 is 0 Å². The van der Waals surface area contributed by atoms with Crippen LogP contribution in [0.3, 0.4) is 0 Å². The van der Waals surface area contributed by atoms with E-state index in [1.807, 2.05) is 0 Å². The van der Waals surface area contributed by atoms with Gasteiger partial charge in [-0.3, -0.25) is 4.90 Å². The number of hydrogen-bond donors (Lipinski definition) is 0. The van der Waals surface area contributed by atoms with Gasteiger partial charge in [0, 0.05) is 23.9 Å². The molecule has 0 aromatic rings. The monoisotopic (exact) mass is 289 g/mol. The Kier molecular flexibility index (Phi) is 2.45. The summed E-state index contributed by atoms with van der Waals surface area (Å²) in [6.45, 7) is 8.43. The Morgan fingerprint density at radius 1 is 1.19 bits per heavy atom. The maximum absolute atomic E-state index is 6.70. The molecule has 3 nitrogen and oxygen atoms in total. The van der Waals surface area contributed by atoms with Gasteiger partial charge in [-0.2, -0.15) is 0 Å². The summed E-state index contributed by atoms with van der Waals surface area (Å²) in [5, 5.41) is 0. The van der Waals surface area contributed by atoms with E-state index >= 15 is 0 Å². The highest BCUT2D eigenvalue weighted by molar-refractivity contribution is 5.28. The van der Waals surface area contributed by atoms with Crippen molar-refractivity contribution in [2.24, 2.45) is 17.8 Å². The van der Waals surface area contributed by atoms with E-state index in [-0.39, 0.29) is 17.4 Å². The van der Waals surface area contributed by atoms with Gasteiger partial charge < -0.3 is 9.47 Å². The molecule has 7 atom stereocenters. The minimum Gasteiger partial charge on any atom is -0.359 e. The van der Waals surface area contributed by atoms with Crippen LogP contribution in [0.4, 0.5) is 0 Å². The Morgan fingerprint density at radius 2 is 2.05 bits per heavy atom. The first-order chi connectivity index (χ1) is 10.0. The third kappa shape index (κ3) is 1.50. The number of fused-ring (bicyclic) bond motifs is 3. The summed E-state index contributed by atoms with van der Waals surface area (Å²) >= 11 is 0. The normalized spacial score (nSPS) is 57.1. The molecule has 0 aromatic carbocycles. The Labute approximate surface area is 127 Å². The molecular weight excluding hydrogens is 262 g/mol. The zero-order valence-electron chi connectivity index (χ0n) is 13.4. The van der Waals surface area contributed by atoms with Crippen molar-refractivity contribution in [1.29, 1.82) is 0 Å². The highest BCUT2D eigenvalue weighted by Crippen LogP contribution is 2.57. The lowest BCUT2D eigenvalue weighted by Crippen LogP contribution is -2.65. The SMILES string of the molecule is C[C@@H]1CC[C@@H]2[C@@H](C1)O[C@@H]1N(C[C@H]3C[C@@H]4C=C[C@@]31O4)C2(C)C. The van der Waals surface area contributed by atoms with Gasteiger partial charge in [0.05, 0.1) is 12.2 Å². The predicted molar refractivity (Wildman–Crippen MR) is 80.8 cm³/mol.